The number of nitrogens with zero attached hydrogens (tertiary/aromatic N) is 2. The highest BCUT2D eigenvalue weighted by Crippen LogP contribution is 2.20. The molecule has 1 heterocycles. The predicted molar refractivity (Wildman–Crippen MR) is 80.0 cm³/mol. The van der Waals surface area contributed by atoms with Gasteiger partial charge >= 0.3 is 0 Å². The third kappa shape index (κ3) is 3.66. The van der Waals surface area contributed by atoms with Crippen molar-refractivity contribution in [3.8, 4) is 0 Å². The maximum Gasteiger partial charge on any atom is 0.136 e. The molecule has 0 amide bonds. The van der Waals surface area contributed by atoms with Gasteiger partial charge < -0.3 is 10.6 Å². The Hall–Kier alpha value is -2.17. The molecule has 0 radical (unpaired) electrons. The molecule has 4 nitrogen and oxygen atoms in total. The van der Waals surface area contributed by atoms with Crippen LogP contribution in [-0.4, -0.2) is 16.5 Å². The molecule has 106 valence electrons. The molecule has 0 aliphatic heterocycles. The van der Waals surface area contributed by atoms with Crippen molar-refractivity contribution in [3.63, 3.8) is 0 Å². The number of hydrogen-bond acceptors (Lipinski definition) is 4. The minimum atomic E-state index is -0.255. The zero-order chi connectivity index (χ0) is 14.5. The fourth-order valence-corrected chi connectivity index (χ4v) is 1.74. The molecule has 20 heavy (non-hydrogen) atoms. The number of rotatable bonds is 5. The molecule has 0 atom stereocenters. The molecular weight excluding hydrogens is 255 g/mol. The van der Waals surface area contributed by atoms with Crippen LogP contribution >= 0.6 is 0 Å². The maximum atomic E-state index is 12.9. The number of anilines is 3. The average molecular weight is 274 g/mol. The van der Waals surface area contributed by atoms with Crippen LogP contribution in [-0.2, 0) is 0 Å². The molecule has 2 N–H and O–H groups in total. The van der Waals surface area contributed by atoms with E-state index in [0.717, 1.165) is 23.9 Å². The lowest BCUT2D eigenvalue weighted by Gasteiger charge is -2.12. The quantitative estimate of drug-likeness (QED) is 0.867. The van der Waals surface area contributed by atoms with Gasteiger partial charge in [-0.1, -0.05) is 13.8 Å². The summed E-state index contributed by atoms with van der Waals surface area (Å²) in [5, 5.41) is 6.35. The molecule has 0 bridgehead atoms. The first-order valence-corrected chi connectivity index (χ1v) is 6.74. The van der Waals surface area contributed by atoms with Crippen LogP contribution in [0.25, 0.3) is 0 Å². The number of aromatic nitrogens is 2. The van der Waals surface area contributed by atoms with Gasteiger partial charge in [-0.3, -0.25) is 0 Å². The number of nitrogens with one attached hydrogen (secondary N) is 2. The normalized spacial score (nSPS) is 10.7. The van der Waals surface area contributed by atoms with E-state index in [1.807, 2.05) is 26.8 Å². The van der Waals surface area contributed by atoms with E-state index in [1.165, 1.54) is 12.1 Å². The SMILES string of the molecule is CCNc1cc(Nc2ccc(F)cc2)nc(C(C)C)n1. The van der Waals surface area contributed by atoms with E-state index in [-0.39, 0.29) is 11.7 Å². The molecule has 2 rings (SSSR count). The molecule has 0 fully saturated rings. The Kier molecular flexibility index (Phi) is 4.50. The molecule has 2 aromatic rings. The topological polar surface area (TPSA) is 49.8 Å². The van der Waals surface area contributed by atoms with Gasteiger partial charge in [0.25, 0.3) is 0 Å². The van der Waals surface area contributed by atoms with Crippen molar-refractivity contribution >= 4 is 17.3 Å². The van der Waals surface area contributed by atoms with Gasteiger partial charge in [0.1, 0.15) is 23.3 Å². The van der Waals surface area contributed by atoms with E-state index >= 15 is 0 Å². The lowest BCUT2D eigenvalue weighted by molar-refractivity contribution is 0.628. The number of benzene rings is 1. The third-order valence-corrected chi connectivity index (χ3v) is 2.73. The Labute approximate surface area is 118 Å². The van der Waals surface area contributed by atoms with Crippen LogP contribution in [0.1, 0.15) is 32.5 Å². The molecule has 0 unspecified atom stereocenters. The van der Waals surface area contributed by atoms with Crippen molar-refractivity contribution in [2.24, 2.45) is 0 Å². The second kappa shape index (κ2) is 6.32. The third-order valence-electron chi connectivity index (χ3n) is 2.73. The molecule has 0 aliphatic rings. The summed E-state index contributed by atoms with van der Waals surface area (Å²) in [5.74, 6) is 2.24. The molecule has 5 heteroatoms. The van der Waals surface area contributed by atoms with E-state index < -0.39 is 0 Å². The molecular formula is C15H19FN4. The summed E-state index contributed by atoms with van der Waals surface area (Å²) in [5.41, 5.74) is 0.794. The van der Waals surface area contributed by atoms with Crippen LogP contribution in [0.2, 0.25) is 0 Å². The van der Waals surface area contributed by atoms with E-state index in [2.05, 4.69) is 20.6 Å². The summed E-state index contributed by atoms with van der Waals surface area (Å²) < 4.78 is 12.9. The van der Waals surface area contributed by atoms with Crippen LogP contribution in [0.4, 0.5) is 21.7 Å². The van der Waals surface area contributed by atoms with Crippen molar-refractivity contribution < 1.29 is 4.39 Å². The first-order valence-electron chi connectivity index (χ1n) is 6.74. The second-order valence-electron chi connectivity index (χ2n) is 4.81. The summed E-state index contributed by atoms with van der Waals surface area (Å²) >= 11 is 0. The predicted octanol–water partition coefficient (Wildman–Crippen LogP) is 3.91. The Bertz CT molecular complexity index is 567. The lowest BCUT2D eigenvalue weighted by atomic mass is 10.2. The first kappa shape index (κ1) is 14.2. The van der Waals surface area contributed by atoms with Crippen LogP contribution in [0.3, 0.4) is 0 Å². The Balaban J connectivity index is 2.27. The largest absolute Gasteiger partial charge is 0.370 e. The van der Waals surface area contributed by atoms with Crippen LogP contribution in [0.5, 0.6) is 0 Å². The van der Waals surface area contributed by atoms with Crippen LogP contribution < -0.4 is 10.6 Å². The summed E-state index contributed by atoms with van der Waals surface area (Å²) in [6.07, 6.45) is 0. The van der Waals surface area contributed by atoms with Gasteiger partial charge in [0.05, 0.1) is 0 Å². The van der Waals surface area contributed by atoms with Gasteiger partial charge in [0.15, 0.2) is 0 Å². The van der Waals surface area contributed by atoms with Crippen LogP contribution in [0, 0.1) is 5.82 Å². The van der Waals surface area contributed by atoms with Gasteiger partial charge in [-0.15, -0.1) is 0 Å². The summed E-state index contributed by atoms with van der Waals surface area (Å²) in [6.45, 7) is 6.91. The summed E-state index contributed by atoms with van der Waals surface area (Å²) in [4.78, 5) is 8.93. The van der Waals surface area contributed by atoms with Crippen molar-refractivity contribution in [3.05, 3.63) is 42.0 Å². The highest BCUT2D eigenvalue weighted by molar-refractivity contribution is 5.59. The minimum absolute atomic E-state index is 0.238. The van der Waals surface area contributed by atoms with E-state index in [0.29, 0.717) is 5.82 Å². The van der Waals surface area contributed by atoms with Gasteiger partial charge in [0, 0.05) is 24.2 Å². The highest BCUT2D eigenvalue weighted by Gasteiger charge is 2.08. The van der Waals surface area contributed by atoms with Crippen molar-refractivity contribution in [2.45, 2.75) is 26.7 Å². The number of halogens is 1. The highest BCUT2D eigenvalue weighted by atomic mass is 19.1. The fourth-order valence-electron chi connectivity index (χ4n) is 1.74. The van der Waals surface area contributed by atoms with Crippen molar-refractivity contribution in [1.29, 1.82) is 0 Å². The van der Waals surface area contributed by atoms with E-state index in [9.17, 15) is 4.39 Å². The zero-order valence-corrected chi connectivity index (χ0v) is 11.9. The summed E-state index contributed by atoms with van der Waals surface area (Å²) in [6, 6.07) is 8.04. The van der Waals surface area contributed by atoms with E-state index in [1.54, 1.807) is 12.1 Å². The maximum absolute atomic E-state index is 12.9. The average Bonchev–Trinajstić information content (AvgIpc) is 2.41. The zero-order valence-electron chi connectivity index (χ0n) is 11.9. The fraction of sp³-hybridized carbons (Fsp3) is 0.333. The van der Waals surface area contributed by atoms with E-state index in [4.69, 9.17) is 0 Å². The van der Waals surface area contributed by atoms with Crippen molar-refractivity contribution in [2.75, 3.05) is 17.2 Å². The Morgan fingerprint density at radius 1 is 1.10 bits per heavy atom. The summed E-state index contributed by atoms with van der Waals surface area (Å²) in [7, 11) is 0. The molecule has 0 aliphatic carbocycles. The smallest absolute Gasteiger partial charge is 0.136 e. The second-order valence-corrected chi connectivity index (χ2v) is 4.81. The molecule has 1 aromatic carbocycles. The Morgan fingerprint density at radius 3 is 2.35 bits per heavy atom. The monoisotopic (exact) mass is 274 g/mol. The van der Waals surface area contributed by atoms with Gasteiger partial charge in [-0.05, 0) is 31.2 Å². The number of hydrogen-bond donors (Lipinski definition) is 2. The van der Waals surface area contributed by atoms with Gasteiger partial charge in [0.2, 0.25) is 0 Å². The Morgan fingerprint density at radius 2 is 1.75 bits per heavy atom. The van der Waals surface area contributed by atoms with Gasteiger partial charge in [-0.2, -0.15) is 0 Å². The standard InChI is InChI=1S/C15H19FN4/c1-4-17-13-9-14(20-15(19-13)10(2)3)18-12-7-5-11(16)6-8-12/h5-10H,4H2,1-3H3,(H2,17,18,19,20). The van der Waals surface area contributed by atoms with Crippen LogP contribution in [0.15, 0.2) is 30.3 Å². The molecule has 0 spiro atoms. The van der Waals surface area contributed by atoms with Gasteiger partial charge in [-0.25, -0.2) is 14.4 Å². The minimum Gasteiger partial charge on any atom is -0.370 e. The lowest BCUT2D eigenvalue weighted by Crippen LogP contribution is -2.07. The molecule has 0 saturated heterocycles. The first-order chi connectivity index (χ1) is 9.58. The molecule has 1 aromatic heterocycles. The van der Waals surface area contributed by atoms with Crippen molar-refractivity contribution in [1.82, 2.24) is 9.97 Å². The molecule has 0 saturated carbocycles.